The Balaban J connectivity index is 1.65. The molecule has 0 bridgehead atoms. The molecule has 3 aliphatic rings. The van der Waals surface area contributed by atoms with Crippen molar-refractivity contribution in [3.8, 4) is 0 Å². The van der Waals surface area contributed by atoms with Crippen LogP contribution in [0, 0.1) is 5.82 Å². The highest BCUT2D eigenvalue weighted by molar-refractivity contribution is 6.06. The van der Waals surface area contributed by atoms with E-state index in [2.05, 4.69) is 15.3 Å². The number of nitrogens with zero attached hydrogens (tertiary/aromatic N) is 6. The summed E-state index contributed by atoms with van der Waals surface area (Å²) in [5.41, 5.74) is 1.87. The van der Waals surface area contributed by atoms with Crippen LogP contribution in [0.25, 0.3) is 5.82 Å². The number of hydrogen-bond donors (Lipinski definition) is 0. The largest absolute Gasteiger partial charge is 0.318 e. The van der Waals surface area contributed by atoms with Gasteiger partial charge >= 0.3 is 5.82 Å². The summed E-state index contributed by atoms with van der Waals surface area (Å²) in [5, 5.41) is 8.34. The van der Waals surface area contributed by atoms with Crippen molar-refractivity contribution in [1.82, 2.24) is 24.8 Å². The molecule has 5 rings (SSSR count). The molecule has 1 amide bonds. The van der Waals surface area contributed by atoms with E-state index in [0.717, 1.165) is 18.5 Å². The Morgan fingerprint density at radius 1 is 1.33 bits per heavy atom. The minimum atomic E-state index is -0.440. The third-order valence-electron chi connectivity index (χ3n) is 4.52. The number of amides is 1. The lowest BCUT2D eigenvalue weighted by molar-refractivity contribution is 0.0814. The van der Waals surface area contributed by atoms with Crippen molar-refractivity contribution < 1.29 is 9.18 Å². The Bertz CT molecular complexity index is 942. The van der Waals surface area contributed by atoms with Gasteiger partial charge in [-0.2, -0.15) is 9.67 Å². The van der Waals surface area contributed by atoms with E-state index in [1.807, 2.05) is 6.20 Å². The van der Waals surface area contributed by atoms with Crippen molar-refractivity contribution in [3.63, 3.8) is 0 Å². The van der Waals surface area contributed by atoms with Crippen LogP contribution in [0.4, 0.5) is 10.1 Å². The zero-order valence-corrected chi connectivity index (χ0v) is 12.8. The second kappa shape index (κ2) is 4.57. The van der Waals surface area contributed by atoms with Crippen molar-refractivity contribution in [2.75, 3.05) is 7.05 Å². The SMILES string of the molecule is CN1C(=O)c2cc(F)ccc2[N+]2C=NC(n3cc(C4CC4)nn3)=C12. The fourth-order valence-corrected chi connectivity index (χ4v) is 3.09. The number of hydrogen-bond acceptors (Lipinski definition) is 5. The lowest BCUT2D eigenvalue weighted by atomic mass is 10.1. The molecular weight excluding hydrogens is 311 g/mol. The van der Waals surface area contributed by atoms with Gasteiger partial charge in [-0.15, -0.1) is 5.10 Å². The van der Waals surface area contributed by atoms with Gasteiger partial charge in [0.05, 0.1) is 11.9 Å². The lowest BCUT2D eigenvalue weighted by Gasteiger charge is -2.23. The van der Waals surface area contributed by atoms with Gasteiger partial charge in [0.15, 0.2) is 0 Å². The summed E-state index contributed by atoms with van der Waals surface area (Å²) in [5.74, 6) is 0.887. The molecule has 0 atom stereocenters. The molecule has 3 heterocycles. The van der Waals surface area contributed by atoms with Gasteiger partial charge in [0, 0.05) is 19.0 Å². The van der Waals surface area contributed by atoms with Gasteiger partial charge < -0.3 is 0 Å². The van der Waals surface area contributed by atoms with E-state index in [-0.39, 0.29) is 5.91 Å². The maximum atomic E-state index is 13.5. The van der Waals surface area contributed by atoms with E-state index in [9.17, 15) is 9.18 Å². The number of halogens is 1. The predicted octanol–water partition coefficient (Wildman–Crippen LogP) is 1.98. The fourth-order valence-electron chi connectivity index (χ4n) is 3.09. The molecule has 2 aromatic rings. The van der Waals surface area contributed by atoms with Crippen LogP contribution in [0.5, 0.6) is 0 Å². The second-order valence-electron chi connectivity index (χ2n) is 6.15. The Morgan fingerprint density at radius 2 is 2.17 bits per heavy atom. The van der Waals surface area contributed by atoms with E-state index in [1.54, 1.807) is 29.0 Å². The first-order valence-corrected chi connectivity index (χ1v) is 7.71. The molecule has 1 radical (unpaired) electrons. The number of aliphatic imine (C=N–C) groups is 1. The summed E-state index contributed by atoms with van der Waals surface area (Å²) in [6, 6.07) is 4.17. The zero-order valence-electron chi connectivity index (χ0n) is 12.8. The highest BCUT2D eigenvalue weighted by atomic mass is 19.1. The Morgan fingerprint density at radius 3 is 2.96 bits per heavy atom. The number of anilines is 1. The smallest absolute Gasteiger partial charge is 0.268 e. The molecule has 119 valence electrons. The first-order valence-electron chi connectivity index (χ1n) is 7.71. The molecule has 2 aliphatic heterocycles. The first kappa shape index (κ1) is 13.6. The van der Waals surface area contributed by atoms with Crippen LogP contribution in [0.2, 0.25) is 0 Å². The quantitative estimate of drug-likeness (QED) is 0.793. The van der Waals surface area contributed by atoms with Gasteiger partial charge in [0.25, 0.3) is 12.2 Å². The van der Waals surface area contributed by atoms with Crippen molar-refractivity contribution in [2.45, 2.75) is 18.8 Å². The monoisotopic (exact) mass is 324 g/mol. The minimum Gasteiger partial charge on any atom is -0.268 e. The van der Waals surface area contributed by atoms with Crippen LogP contribution >= 0.6 is 0 Å². The average molecular weight is 324 g/mol. The van der Waals surface area contributed by atoms with Crippen LogP contribution in [0.1, 0.15) is 34.8 Å². The number of rotatable bonds is 2. The molecule has 1 saturated carbocycles. The Hall–Kier alpha value is -2.87. The fraction of sp³-hybridized carbons (Fsp3) is 0.250. The van der Waals surface area contributed by atoms with Crippen molar-refractivity contribution in [2.24, 2.45) is 4.99 Å². The summed E-state index contributed by atoms with van der Waals surface area (Å²) in [7, 11) is 1.64. The number of aromatic nitrogens is 3. The zero-order chi connectivity index (χ0) is 16.4. The molecule has 1 aliphatic carbocycles. The summed E-state index contributed by atoms with van der Waals surface area (Å²) >= 11 is 0. The second-order valence-corrected chi connectivity index (χ2v) is 6.15. The maximum Gasteiger partial charge on any atom is 0.318 e. The standard InChI is InChI=1S/C16H13FN6O/c1-21-15-14(23-7-12(19-20-23)9-2-3-9)18-8-22(15)13-5-4-10(17)6-11(13)16(21)24/h4-9H,2-3H2,1H3/q+1. The van der Waals surface area contributed by atoms with Gasteiger partial charge in [0.1, 0.15) is 11.4 Å². The van der Waals surface area contributed by atoms with E-state index in [1.165, 1.54) is 17.0 Å². The normalized spacial score (nSPS) is 19.9. The van der Waals surface area contributed by atoms with Crippen LogP contribution in [0.3, 0.4) is 0 Å². The van der Waals surface area contributed by atoms with Crippen molar-refractivity contribution >= 4 is 23.8 Å². The van der Waals surface area contributed by atoms with Gasteiger partial charge in [0.2, 0.25) is 11.5 Å². The van der Waals surface area contributed by atoms with E-state index < -0.39 is 5.82 Å². The molecule has 7 nitrogen and oxygen atoms in total. The first-order chi connectivity index (χ1) is 11.6. The molecule has 0 N–H and O–H groups in total. The molecule has 1 aromatic carbocycles. The summed E-state index contributed by atoms with van der Waals surface area (Å²) < 4.78 is 15.1. The number of benzene rings is 1. The van der Waals surface area contributed by atoms with Crippen molar-refractivity contribution in [1.29, 1.82) is 0 Å². The third-order valence-corrected chi connectivity index (χ3v) is 4.52. The van der Waals surface area contributed by atoms with E-state index in [0.29, 0.717) is 28.8 Å². The Kier molecular flexibility index (Phi) is 2.58. The predicted molar refractivity (Wildman–Crippen MR) is 84.0 cm³/mol. The molecule has 8 heteroatoms. The van der Waals surface area contributed by atoms with Crippen LogP contribution in [-0.2, 0) is 0 Å². The van der Waals surface area contributed by atoms with Gasteiger partial charge in [-0.25, -0.2) is 4.39 Å². The van der Waals surface area contributed by atoms with Crippen LogP contribution in [0.15, 0.2) is 35.2 Å². The van der Waals surface area contributed by atoms with Gasteiger partial charge in [-0.3, -0.25) is 9.69 Å². The third kappa shape index (κ3) is 1.80. The molecule has 1 aromatic heterocycles. The molecule has 0 unspecified atom stereocenters. The molecule has 1 fully saturated rings. The number of fused-ring (bicyclic) bond motifs is 3. The highest BCUT2D eigenvalue weighted by Gasteiger charge is 2.47. The molecule has 24 heavy (non-hydrogen) atoms. The molecule has 0 saturated heterocycles. The molecule has 0 spiro atoms. The summed E-state index contributed by atoms with van der Waals surface area (Å²) in [6.07, 6.45) is 5.75. The Labute approximate surface area is 136 Å². The van der Waals surface area contributed by atoms with E-state index >= 15 is 0 Å². The van der Waals surface area contributed by atoms with E-state index in [4.69, 9.17) is 0 Å². The topological polar surface area (TPSA) is 69.3 Å². The maximum absolute atomic E-state index is 13.5. The summed E-state index contributed by atoms with van der Waals surface area (Å²) in [4.78, 5) is 20.2. The van der Waals surface area contributed by atoms with Crippen LogP contribution in [-0.4, -0.2) is 39.2 Å². The highest BCUT2D eigenvalue weighted by Crippen LogP contribution is 2.40. The number of carbonyl (C=O) groups is 1. The molecular formula is C16H13FN6O+. The van der Waals surface area contributed by atoms with Gasteiger partial charge in [-0.05, 0) is 29.9 Å². The summed E-state index contributed by atoms with van der Waals surface area (Å²) in [6.45, 7) is 0. The van der Waals surface area contributed by atoms with Crippen LogP contribution < -0.4 is 4.90 Å². The lowest BCUT2D eigenvalue weighted by Crippen LogP contribution is -2.41. The minimum absolute atomic E-state index is 0.277. The average Bonchev–Trinajstić information content (AvgIpc) is 3.15. The number of carbonyl (C=O) groups excluding carboxylic acids is 1. The van der Waals surface area contributed by atoms with Crippen molar-refractivity contribution in [3.05, 3.63) is 47.3 Å². The van der Waals surface area contributed by atoms with Gasteiger partial charge in [-0.1, -0.05) is 5.21 Å².